The van der Waals surface area contributed by atoms with Crippen molar-refractivity contribution in [2.75, 3.05) is 13.6 Å². The van der Waals surface area contributed by atoms with Crippen molar-refractivity contribution in [2.24, 2.45) is 5.41 Å². The molecule has 0 radical (unpaired) electrons. The summed E-state index contributed by atoms with van der Waals surface area (Å²) in [6, 6.07) is 6.49. The number of nitrogens with zero attached hydrogens (tertiary/aromatic N) is 1. The van der Waals surface area contributed by atoms with E-state index in [1.54, 1.807) is 25.2 Å². The minimum Gasteiger partial charge on any atom is -0.207 e. The van der Waals surface area contributed by atoms with Gasteiger partial charge in [0.2, 0.25) is 10.0 Å². The van der Waals surface area contributed by atoms with Gasteiger partial charge in [-0.15, -0.1) is 0 Å². The molecule has 0 spiro atoms. The van der Waals surface area contributed by atoms with Gasteiger partial charge in [0.15, 0.2) is 0 Å². The van der Waals surface area contributed by atoms with Crippen LogP contribution in [-0.2, 0) is 10.0 Å². The average Bonchev–Trinajstić information content (AvgIpc) is 2.15. The standard InChI is InChI=1S/C12H18ClNO2S/c1-12(2,3)9-14(4)17(15,16)11-8-6-5-7-10(11)13/h5-8H,9H2,1-4H3. The zero-order valence-electron chi connectivity index (χ0n) is 10.6. The minimum absolute atomic E-state index is 0.0942. The van der Waals surface area contributed by atoms with E-state index in [1.165, 1.54) is 10.4 Å². The van der Waals surface area contributed by atoms with E-state index in [2.05, 4.69) is 0 Å². The predicted molar refractivity (Wildman–Crippen MR) is 70.7 cm³/mol. The summed E-state index contributed by atoms with van der Waals surface area (Å²) in [7, 11) is -1.93. The molecule has 0 N–H and O–H groups in total. The highest BCUT2D eigenvalue weighted by molar-refractivity contribution is 7.89. The van der Waals surface area contributed by atoms with Crippen LogP contribution >= 0.6 is 11.6 Å². The highest BCUT2D eigenvalue weighted by Crippen LogP contribution is 2.25. The lowest BCUT2D eigenvalue weighted by molar-refractivity contribution is 0.311. The molecule has 1 aromatic rings. The van der Waals surface area contributed by atoms with E-state index in [0.717, 1.165) is 0 Å². The Labute approximate surface area is 108 Å². The van der Waals surface area contributed by atoms with E-state index in [-0.39, 0.29) is 15.3 Å². The molecule has 1 rings (SSSR count). The molecule has 0 atom stereocenters. The Balaban J connectivity index is 3.09. The Bertz CT molecular complexity index is 491. The second-order valence-corrected chi connectivity index (χ2v) is 7.67. The lowest BCUT2D eigenvalue weighted by Gasteiger charge is -2.26. The summed E-state index contributed by atoms with van der Waals surface area (Å²) >= 11 is 5.92. The normalized spacial score (nSPS) is 13.1. The molecule has 0 aliphatic heterocycles. The monoisotopic (exact) mass is 275 g/mol. The topological polar surface area (TPSA) is 37.4 Å². The maximum Gasteiger partial charge on any atom is 0.244 e. The predicted octanol–water partition coefficient (Wildman–Crippen LogP) is 3.01. The molecule has 0 aromatic heterocycles. The number of hydrogen-bond acceptors (Lipinski definition) is 2. The molecule has 0 aliphatic carbocycles. The third-order valence-electron chi connectivity index (χ3n) is 2.22. The van der Waals surface area contributed by atoms with Gasteiger partial charge < -0.3 is 0 Å². The van der Waals surface area contributed by atoms with Gasteiger partial charge in [0.25, 0.3) is 0 Å². The van der Waals surface area contributed by atoms with E-state index in [9.17, 15) is 8.42 Å². The maximum atomic E-state index is 12.3. The Kier molecular flexibility index (Phi) is 4.23. The fourth-order valence-electron chi connectivity index (χ4n) is 1.57. The van der Waals surface area contributed by atoms with Crippen molar-refractivity contribution >= 4 is 21.6 Å². The molecule has 3 nitrogen and oxygen atoms in total. The smallest absolute Gasteiger partial charge is 0.207 e. The third-order valence-corrected chi connectivity index (χ3v) is 4.53. The summed E-state index contributed by atoms with van der Waals surface area (Å²) in [5.41, 5.74) is -0.0942. The Hall–Kier alpha value is -0.580. The first-order valence-corrected chi connectivity index (χ1v) is 7.17. The Morgan fingerprint density at radius 1 is 1.24 bits per heavy atom. The number of rotatable bonds is 3. The highest BCUT2D eigenvalue weighted by Gasteiger charge is 2.26. The number of hydrogen-bond donors (Lipinski definition) is 0. The minimum atomic E-state index is -3.50. The number of halogens is 1. The van der Waals surface area contributed by atoms with Crippen molar-refractivity contribution in [3.8, 4) is 0 Å². The van der Waals surface area contributed by atoms with Gasteiger partial charge in [0, 0.05) is 13.6 Å². The molecule has 1 aromatic carbocycles. The third kappa shape index (κ3) is 3.69. The molecule has 0 fully saturated rings. The summed E-state index contributed by atoms with van der Waals surface area (Å²) < 4.78 is 25.9. The van der Waals surface area contributed by atoms with Crippen LogP contribution in [-0.4, -0.2) is 26.3 Å². The quantitative estimate of drug-likeness (QED) is 0.850. The molecule has 17 heavy (non-hydrogen) atoms. The Morgan fingerprint density at radius 3 is 2.24 bits per heavy atom. The zero-order valence-corrected chi connectivity index (χ0v) is 12.1. The van der Waals surface area contributed by atoms with Crippen LogP contribution < -0.4 is 0 Å². The summed E-state index contributed by atoms with van der Waals surface area (Å²) in [6.07, 6.45) is 0. The first-order chi connectivity index (χ1) is 7.64. The van der Waals surface area contributed by atoms with Crippen LogP contribution in [0.3, 0.4) is 0 Å². The number of benzene rings is 1. The fraction of sp³-hybridized carbons (Fsp3) is 0.500. The van der Waals surface area contributed by atoms with Gasteiger partial charge in [0.1, 0.15) is 4.90 Å². The van der Waals surface area contributed by atoms with Crippen LogP contribution in [0.4, 0.5) is 0 Å². The lowest BCUT2D eigenvalue weighted by Crippen LogP contribution is -2.34. The highest BCUT2D eigenvalue weighted by atomic mass is 35.5. The molecule has 0 aliphatic rings. The molecule has 0 heterocycles. The van der Waals surface area contributed by atoms with Gasteiger partial charge in [-0.05, 0) is 17.5 Å². The van der Waals surface area contributed by atoms with Crippen molar-refractivity contribution in [1.29, 1.82) is 0 Å². The molecule has 5 heteroatoms. The van der Waals surface area contributed by atoms with Gasteiger partial charge in [-0.3, -0.25) is 0 Å². The van der Waals surface area contributed by atoms with Gasteiger partial charge in [-0.2, -0.15) is 0 Å². The van der Waals surface area contributed by atoms with E-state index < -0.39 is 10.0 Å². The van der Waals surface area contributed by atoms with Crippen molar-refractivity contribution < 1.29 is 8.42 Å². The molecular formula is C12H18ClNO2S. The largest absolute Gasteiger partial charge is 0.244 e. The molecule has 0 bridgehead atoms. The van der Waals surface area contributed by atoms with Crippen LogP contribution in [0.2, 0.25) is 5.02 Å². The van der Waals surface area contributed by atoms with Gasteiger partial charge in [-0.1, -0.05) is 44.5 Å². The first-order valence-electron chi connectivity index (χ1n) is 5.35. The van der Waals surface area contributed by atoms with E-state index in [1.807, 2.05) is 20.8 Å². The summed E-state index contributed by atoms with van der Waals surface area (Å²) in [5, 5.41) is 0.258. The van der Waals surface area contributed by atoms with Crippen LogP contribution in [0.15, 0.2) is 29.2 Å². The van der Waals surface area contributed by atoms with Crippen LogP contribution in [0.5, 0.6) is 0 Å². The maximum absolute atomic E-state index is 12.3. The van der Waals surface area contributed by atoms with Crippen molar-refractivity contribution in [3.05, 3.63) is 29.3 Å². The molecule has 96 valence electrons. The van der Waals surface area contributed by atoms with Gasteiger partial charge in [0.05, 0.1) is 5.02 Å². The van der Waals surface area contributed by atoms with Crippen molar-refractivity contribution in [1.82, 2.24) is 4.31 Å². The second-order valence-electron chi connectivity index (χ2n) is 5.25. The van der Waals surface area contributed by atoms with Crippen LogP contribution in [0, 0.1) is 5.41 Å². The second kappa shape index (κ2) is 4.96. The molecule has 0 unspecified atom stereocenters. The zero-order chi connectivity index (χ0) is 13.3. The SMILES string of the molecule is CN(CC(C)(C)C)S(=O)(=O)c1ccccc1Cl. The lowest BCUT2D eigenvalue weighted by atomic mass is 9.97. The van der Waals surface area contributed by atoms with Gasteiger partial charge in [-0.25, -0.2) is 12.7 Å². The molecular weight excluding hydrogens is 258 g/mol. The van der Waals surface area contributed by atoms with Crippen molar-refractivity contribution in [3.63, 3.8) is 0 Å². The first kappa shape index (κ1) is 14.5. The summed E-state index contributed by atoms with van der Waals surface area (Å²) in [6.45, 7) is 6.42. The summed E-state index contributed by atoms with van der Waals surface area (Å²) in [5.74, 6) is 0. The van der Waals surface area contributed by atoms with Crippen LogP contribution in [0.25, 0.3) is 0 Å². The summed E-state index contributed by atoms with van der Waals surface area (Å²) in [4.78, 5) is 0.161. The Morgan fingerprint density at radius 2 is 1.76 bits per heavy atom. The average molecular weight is 276 g/mol. The van der Waals surface area contributed by atoms with E-state index in [0.29, 0.717) is 6.54 Å². The van der Waals surface area contributed by atoms with E-state index >= 15 is 0 Å². The molecule has 0 saturated heterocycles. The molecule has 0 amide bonds. The van der Waals surface area contributed by atoms with Crippen LogP contribution in [0.1, 0.15) is 20.8 Å². The number of sulfonamides is 1. The van der Waals surface area contributed by atoms with E-state index in [4.69, 9.17) is 11.6 Å². The van der Waals surface area contributed by atoms with Crippen molar-refractivity contribution in [2.45, 2.75) is 25.7 Å². The fourth-order valence-corrected chi connectivity index (χ4v) is 3.46. The molecule has 0 saturated carbocycles. The van der Waals surface area contributed by atoms with Gasteiger partial charge >= 0.3 is 0 Å².